The van der Waals surface area contributed by atoms with E-state index < -0.39 is 59.8 Å². The minimum absolute atomic E-state index is 0.0119. The molecule has 0 spiro atoms. The summed E-state index contributed by atoms with van der Waals surface area (Å²) in [5, 5.41) is 30.2. The molecule has 0 bridgehead atoms. The summed E-state index contributed by atoms with van der Waals surface area (Å²) < 4.78 is 57.9. The molecule has 1 saturated heterocycles. The molecular formula is C39H64O12S. The van der Waals surface area contributed by atoms with E-state index in [0.717, 1.165) is 77.0 Å². The number of aliphatic hydroxyl groups excluding tert-OH is 3. The van der Waals surface area contributed by atoms with Gasteiger partial charge < -0.3 is 34.3 Å². The second-order valence-electron chi connectivity index (χ2n) is 12.4. The van der Waals surface area contributed by atoms with Gasteiger partial charge in [0.25, 0.3) is 0 Å². The lowest BCUT2D eigenvalue weighted by atomic mass is 9.99. The Labute approximate surface area is 311 Å². The number of ether oxygens (including phenoxy) is 4. The van der Waals surface area contributed by atoms with E-state index in [1.165, 1.54) is 0 Å². The number of rotatable bonds is 30. The maximum atomic E-state index is 12.2. The van der Waals surface area contributed by atoms with Gasteiger partial charge in [0.15, 0.2) is 6.29 Å². The minimum atomic E-state index is -5.05. The summed E-state index contributed by atoms with van der Waals surface area (Å²) in [5.41, 5.74) is 0. The van der Waals surface area contributed by atoms with E-state index in [-0.39, 0.29) is 19.6 Å². The van der Waals surface area contributed by atoms with Gasteiger partial charge >= 0.3 is 16.4 Å². The zero-order chi connectivity index (χ0) is 38.3. The van der Waals surface area contributed by atoms with Gasteiger partial charge in [-0.05, 0) is 64.2 Å². The molecule has 0 aliphatic carbocycles. The number of hydrogen-bond donors (Lipinski definition) is 4. The van der Waals surface area contributed by atoms with Gasteiger partial charge in [0.2, 0.25) is 0 Å². The van der Waals surface area contributed by atoms with Crippen LogP contribution >= 0.6 is 0 Å². The number of unbranched alkanes of at least 4 members (excludes halogenated alkanes) is 5. The van der Waals surface area contributed by atoms with Crippen molar-refractivity contribution < 1.29 is 56.2 Å². The fraction of sp³-hybridized carbons (Fsp3) is 0.667. The van der Waals surface area contributed by atoms with Crippen LogP contribution in [0.5, 0.6) is 0 Å². The molecule has 1 heterocycles. The summed E-state index contributed by atoms with van der Waals surface area (Å²) in [6.07, 6.45) is 30.0. The second-order valence-corrected chi connectivity index (χ2v) is 13.5. The third-order valence-corrected chi connectivity index (χ3v) is 8.28. The molecule has 1 fully saturated rings. The van der Waals surface area contributed by atoms with Crippen molar-refractivity contribution in [1.82, 2.24) is 0 Å². The third-order valence-electron chi connectivity index (χ3n) is 7.81. The van der Waals surface area contributed by atoms with Crippen molar-refractivity contribution in [3.63, 3.8) is 0 Å². The van der Waals surface area contributed by atoms with Crippen LogP contribution in [0.1, 0.15) is 104 Å². The summed E-state index contributed by atoms with van der Waals surface area (Å²) in [5.74, 6) is -0.465. The largest absolute Gasteiger partial charge is 0.457 e. The number of carbonyl (C=O) groups excluding carboxylic acids is 1. The van der Waals surface area contributed by atoms with Crippen LogP contribution in [0.25, 0.3) is 0 Å². The molecule has 0 amide bonds. The van der Waals surface area contributed by atoms with Crippen LogP contribution in [-0.4, -0.2) is 97.5 Å². The van der Waals surface area contributed by atoms with Crippen molar-refractivity contribution in [3.05, 3.63) is 72.9 Å². The van der Waals surface area contributed by atoms with Crippen LogP contribution in [0, 0.1) is 0 Å². The van der Waals surface area contributed by atoms with Crippen molar-refractivity contribution in [2.45, 2.75) is 141 Å². The summed E-state index contributed by atoms with van der Waals surface area (Å²) >= 11 is 0. The molecule has 1 rings (SSSR count). The molecule has 6 unspecified atom stereocenters. The average molecular weight is 757 g/mol. The maximum Gasteiger partial charge on any atom is 0.397 e. The molecule has 1 aliphatic rings. The lowest BCUT2D eigenvalue weighted by Gasteiger charge is -2.41. The smallest absolute Gasteiger partial charge is 0.397 e. The molecule has 0 radical (unpaired) electrons. The highest BCUT2D eigenvalue weighted by molar-refractivity contribution is 7.80. The summed E-state index contributed by atoms with van der Waals surface area (Å²) in [6, 6.07) is 0. The van der Waals surface area contributed by atoms with E-state index in [1.807, 2.05) is 6.92 Å². The molecule has 12 nitrogen and oxygen atoms in total. The number of carbonyl (C=O) groups is 1. The van der Waals surface area contributed by atoms with E-state index in [1.54, 1.807) is 0 Å². The Kier molecular flexibility index (Phi) is 28.3. The van der Waals surface area contributed by atoms with Crippen molar-refractivity contribution in [2.24, 2.45) is 0 Å². The first-order valence-electron chi connectivity index (χ1n) is 18.7. The first-order chi connectivity index (χ1) is 25.1. The summed E-state index contributed by atoms with van der Waals surface area (Å²) in [6.45, 7) is 3.38. The fourth-order valence-electron chi connectivity index (χ4n) is 5.06. The molecule has 13 heteroatoms. The Balaban J connectivity index is 2.23. The van der Waals surface area contributed by atoms with E-state index in [9.17, 15) is 28.5 Å². The minimum Gasteiger partial charge on any atom is -0.457 e. The predicted molar refractivity (Wildman–Crippen MR) is 202 cm³/mol. The van der Waals surface area contributed by atoms with Gasteiger partial charge in [0, 0.05) is 13.0 Å². The normalized spacial score (nSPS) is 22.3. The van der Waals surface area contributed by atoms with Crippen LogP contribution in [0.15, 0.2) is 72.9 Å². The highest BCUT2D eigenvalue weighted by Crippen LogP contribution is 2.26. The number of esters is 1. The lowest BCUT2D eigenvalue weighted by molar-refractivity contribution is -0.301. The highest BCUT2D eigenvalue weighted by Gasteiger charge is 2.48. The molecule has 0 aromatic heterocycles. The van der Waals surface area contributed by atoms with Gasteiger partial charge in [0.05, 0.1) is 19.8 Å². The molecule has 298 valence electrons. The highest BCUT2D eigenvalue weighted by atomic mass is 32.3. The van der Waals surface area contributed by atoms with Crippen molar-refractivity contribution in [2.75, 3.05) is 26.4 Å². The number of aliphatic hydroxyl groups is 3. The molecule has 0 aromatic carbocycles. The lowest BCUT2D eigenvalue weighted by Crippen LogP contribution is -2.60. The van der Waals surface area contributed by atoms with Crippen LogP contribution in [0.3, 0.4) is 0 Å². The molecule has 6 atom stereocenters. The average Bonchev–Trinajstić information content (AvgIpc) is 3.10. The van der Waals surface area contributed by atoms with Crippen LogP contribution in [0.4, 0.5) is 0 Å². The van der Waals surface area contributed by atoms with E-state index in [0.29, 0.717) is 13.0 Å². The molecule has 52 heavy (non-hydrogen) atoms. The number of allylic oxidation sites excluding steroid dienone is 12. The Morgan fingerprint density at radius 1 is 0.750 bits per heavy atom. The van der Waals surface area contributed by atoms with Crippen LogP contribution in [-0.2, 0) is 38.3 Å². The van der Waals surface area contributed by atoms with Gasteiger partial charge in [-0.1, -0.05) is 106 Å². The molecule has 4 N–H and O–H groups in total. The molecule has 0 aromatic rings. The predicted octanol–water partition coefficient (Wildman–Crippen LogP) is 6.40. The SMILES string of the molecule is CC/C=C\C/C=C\C/C=C\C/C=C\C/C=C\C/C=C\CCCCCCCOCC(COC1OC(CO)C(O)C(OS(=O)(=O)O)C1O)OC(=O)CCC. The standard InChI is InChI=1S/C39H64O12S/c1-3-5-6-7-8-9-10-11-12-13-14-15-16-17-18-19-20-21-22-23-24-25-26-27-29-47-31-33(49-35(41)28-4-2)32-48-39-37(43)38(51-52(44,45)46)36(42)34(30-40)50-39/h5-6,8-9,11-12,14-15,17-18,20-21,33-34,36-40,42-43H,3-4,7,10,13,16,19,22-32H2,1-2H3,(H,44,45,46)/b6-5-,9-8-,12-11-,15-14-,18-17-,21-20-. The van der Waals surface area contributed by atoms with Crippen LogP contribution < -0.4 is 0 Å². The Morgan fingerprint density at radius 3 is 1.83 bits per heavy atom. The summed E-state index contributed by atoms with van der Waals surface area (Å²) in [7, 11) is -5.05. The van der Waals surface area contributed by atoms with E-state index in [4.69, 9.17) is 23.5 Å². The van der Waals surface area contributed by atoms with Gasteiger partial charge in [-0.3, -0.25) is 9.35 Å². The fourth-order valence-corrected chi connectivity index (χ4v) is 5.57. The third kappa shape index (κ3) is 24.7. The zero-order valence-electron chi connectivity index (χ0n) is 31.1. The van der Waals surface area contributed by atoms with Gasteiger partial charge in [-0.25, -0.2) is 4.18 Å². The van der Waals surface area contributed by atoms with Crippen molar-refractivity contribution >= 4 is 16.4 Å². The summed E-state index contributed by atoms with van der Waals surface area (Å²) in [4.78, 5) is 12.2. The Hall–Kier alpha value is -2.46. The number of hydrogen-bond acceptors (Lipinski definition) is 11. The van der Waals surface area contributed by atoms with E-state index in [2.05, 4.69) is 84.0 Å². The monoisotopic (exact) mass is 756 g/mol. The van der Waals surface area contributed by atoms with Gasteiger partial charge in [0.1, 0.15) is 30.5 Å². The quantitative estimate of drug-likeness (QED) is 0.0275. The van der Waals surface area contributed by atoms with Gasteiger partial charge in [-0.2, -0.15) is 8.42 Å². The maximum absolute atomic E-state index is 12.2. The molecule has 1 aliphatic heterocycles. The first kappa shape index (κ1) is 47.6. The second kappa shape index (κ2) is 30.9. The zero-order valence-corrected chi connectivity index (χ0v) is 31.9. The van der Waals surface area contributed by atoms with Crippen molar-refractivity contribution in [1.29, 1.82) is 0 Å². The van der Waals surface area contributed by atoms with E-state index >= 15 is 0 Å². The Morgan fingerprint density at radius 2 is 1.29 bits per heavy atom. The van der Waals surface area contributed by atoms with Crippen LogP contribution in [0.2, 0.25) is 0 Å². The Bertz CT molecular complexity index is 1190. The molecular weight excluding hydrogens is 692 g/mol. The van der Waals surface area contributed by atoms with Gasteiger partial charge in [-0.15, -0.1) is 0 Å². The first-order valence-corrected chi connectivity index (χ1v) is 20.1. The molecule has 0 saturated carbocycles. The topological polar surface area (TPSA) is 178 Å². The van der Waals surface area contributed by atoms with Crippen molar-refractivity contribution in [3.8, 4) is 0 Å².